The smallest absolute Gasteiger partial charge is 0.236 e. The summed E-state index contributed by atoms with van der Waals surface area (Å²) in [6, 6.07) is 10.8. The lowest BCUT2D eigenvalue weighted by Gasteiger charge is -2.11. The average Bonchev–Trinajstić information content (AvgIpc) is 3.09. The maximum atomic E-state index is 12.1. The van der Waals surface area contributed by atoms with Gasteiger partial charge in [0.25, 0.3) is 0 Å². The van der Waals surface area contributed by atoms with Crippen LogP contribution < -0.4 is 16.0 Å². The van der Waals surface area contributed by atoms with Gasteiger partial charge in [-0.2, -0.15) is 5.26 Å². The zero-order valence-corrected chi connectivity index (χ0v) is 14.2. The van der Waals surface area contributed by atoms with Crippen LogP contribution in [0.2, 0.25) is 5.02 Å². The monoisotopic (exact) mass is 356 g/mol. The summed E-state index contributed by atoms with van der Waals surface area (Å²) in [5.41, 5.74) is 0.763. The fraction of sp³-hybridized carbons (Fsp3) is 0.294. The number of carbonyl (C=O) groups excluding carboxylic acids is 1. The first-order valence-corrected chi connectivity index (χ1v) is 8.35. The Hall–Kier alpha value is -2.69. The van der Waals surface area contributed by atoms with E-state index in [4.69, 9.17) is 16.9 Å². The first-order chi connectivity index (χ1) is 12.1. The van der Waals surface area contributed by atoms with Crippen LogP contribution in [0, 0.1) is 11.3 Å². The van der Waals surface area contributed by atoms with E-state index in [2.05, 4.69) is 25.9 Å². The van der Waals surface area contributed by atoms with Crippen molar-refractivity contribution in [2.75, 3.05) is 17.2 Å². The third-order valence-electron chi connectivity index (χ3n) is 3.80. The lowest BCUT2D eigenvalue weighted by molar-refractivity contribution is -0.116. The maximum Gasteiger partial charge on any atom is 0.236 e. The number of benzene rings is 1. The van der Waals surface area contributed by atoms with Crippen LogP contribution in [0.3, 0.4) is 0 Å². The molecule has 1 fully saturated rings. The van der Waals surface area contributed by atoms with Gasteiger partial charge in [-0.25, -0.2) is 9.97 Å². The summed E-state index contributed by atoms with van der Waals surface area (Å²) in [5, 5.41) is 18.8. The molecule has 0 saturated carbocycles. The highest BCUT2D eigenvalue weighted by molar-refractivity contribution is 6.30. The first kappa shape index (κ1) is 17.1. The summed E-state index contributed by atoms with van der Waals surface area (Å²) in [7, 11) is 0. The van der Waals surface area contributed by atoms with Gasteiger partial charge in [0.15, 0.2) is 0 Å². The van der Waals surface area contributed by atoms with Crippen LogP contribution >= 0.6 is 11.6 Å². The molecule has 0 unspecified atom stereocenters. The maximum absolute atomic E-state index is 12.1. The molecule has 1 saturated heterocycles. The van der Waals surface area contributed by atoms with Gasteiger partial charge in [0.05, 0.1) is 0 Å². The molecule has 0 radical (unpaired) electrons. The number of nitrogens with one attached hydrogen (secondary N) is 3. The van der Waals surface area contributed by atoms with Gasteiger partial charge in [-0.15, -0.1) is 0 Å². The minimum absolute atomic E-state index is 0.0201. The molecule has 0 aliphatic carbocycles. The molecular formula is C17H17ClN6O. The van der Waals surface area contributed by atoms with Crippen molar-refractivity contribution in [3.8, 4) is 6.07 Å². The van der Waals surface area contributed by atoms with Gasteiger partial charge in [-0.3, -0.25) is 4.79 Å². The second-order valence-corrected chi connectivity index (χ2v) is 6.19. The van der Waals surface area contributed by atoms with Gasteiger partial charge in [0.1, 0.15) is 17.7 Å². The number of nitrogens with zero attached hydrogens (tertiary/aromatic N) is 3. The van der Waals surface area contributed by atoms with E-state index in [1.807, 2.05) is 6.07 Å². The van der Waals surface area contributed by atoms with E-state index < -0.39 is 0 Å². The van der Waals surface area contributed by atoms with E-state index in [0.29, 0.717) is 23.1 Å². The summed E-state index contributed by atoms with van der Waals surface area (Å²) < 4.78 is 0. The summed E-state index contributed by atoms with van der Waals surface area (Å²) in [5.74, 6) is 0.557. The van der Waals surface area contributed by atoms with Gasteiger partial charge < -0.3 is 16.0 Å². The van der Waals surface area contributed by atoms with Crippen molar-refractivity contribution in [2.24, 2.45) is 0 Å². The molecule has 3 rings (SSSR count). The molecule has 25 heavy (non-hydrogen) atoms. The van der Waals surface area contributed by atoms with Crippen molar-refractivity contribution in [1.29, 1.82) is 5.26 Å². The second-order valence-electron chi connectivity index (χ2n) is 5.75. The van der Waals surface area contributed by atoms with Crippen LogP contribution in [0.25, 0.3) is 0 Å². The first-order valence-electron chi connectivity index (χ1n) is 7.97. The Morgan fingerprint density at radius 1 is 1.32 bits per heavy atom. The van der Waals surface area contributed by atoms with Gasteiger partial charge in [-0.05, 0) is 43.7 Å². The topological polar surface area (TPSA) is 103 Å². The molecule has 1 aromatic carbocycles. The third kappa shape index (κ3) is 4.89. The molecule has 7 nitrogen and oxygen atoms in total. The van der Waals surface area contributed by atoms with E-state index >= 15 is 0 Å². The lowest BCUT2D eigenvalue weighted by atomic mass is 10.1. The fourth-order valence-electron chi connectivity index (χ4n) is 2.66. The third-order valence-corrected chi connectivity index (χ3v) is 4.06. The molecule has 1 aliphatic rings. The van der Waals surface area contributed by atoms with E-state index in [1.54, 1.807) is 30.3 Å². The number of anilines is 3. The van der Waals surface area contributed by atoms with Crippen molar-refractivity contribution in [2.45, 2.75) is 25.3 Å². The van der Waals surface area contributed by atoms with Crippen LogP contribution in [-0.4, -0.2) is 28.5 Å². The van der Waals surface area contributed by atoms with Crippen LogP contribution in [-0.2, 0) is 4.79 Å². The van der Waals surface area contributed by atoms with Gasteiger partial charge in [0, 0.05) is 29.2 Å². The van der Waals surface area contributed by atoms with Crippen molar-refractivity contribution in [3.05, 3.63) is 41.2 Å². The number of hydrogen-bond acceptors (Lipinski definition) is 6. The molecule has 3 N–H and O–H groups in total. The Morgan fingerprint density at radius 2 is 2.08 bits per heavy atom. The van der Waals surface area contributed by atoms with Crippen LogP contribution in [0.15, 0.2) is 30.3 Å². The Balaban J connectivity index is 1.71. The molecule has 2 aromatic rings. The van der Waals surface area contributed by atoms with Crippen LogP contribution in [0.5, 0.6) is 0 Å². The zero-order chi connectivity index (χ0) is 17.6. The largest absolute Gasteiger partial charge is 0.340 e. The highest BCUT2D eigenvalue weighted by atomic mass is 35.5. The number of halogens is 1. The Bertz CT molecular complexity index is 796. The predicted molar refractivity (Wildman–Crippen MR) is 95.8 cm³/mol. The minimum Gasteiger partial charge on any atom is -0.340 e. The molecule has 1 aliphatic heterocycles. The SMILES string of the molecule is N#Cc1nc(NC(=O)C[C@@H]2CCCN2)cc(Nc2ccc(Cl)cc2)n1. The number of rotatable bonds is 5. The Morgan fingerprint density at radius 3 is 2.76 bits per heavy atom. The Kier molecular flexibility index (Phi) is 5.43. The van der Waals surface area contributed by atoms with Crippen molar-refractivity contribution >= 4 is 34.8 Å². The van der Waals surface area contributed by atoms with Crippen LogP contribution in [0.4, 0.5) is 17.3 Å². The summed E-state index contributed by atoms with van der Waals surface area (Å²) in [4.78, 5) is 20.3. The standard InChI is InChI=1S/C17H17ClN6O/c18-11-3-5-12(6-4-11)21-14-9-15(23-16(10-19)22-14)24-17(25)8-13-2-1-7-20-13/h3-6,9,13,20H,1-2,7-8H2,(H2,21,22,23,24,25)/t13-/m0/s1. The summed E-state index contributed by atoms with van der Waals surface area (Å²) in [6.45, 7) is 0.944. The fourth-order valence-corrected chi connectivity index (χ4v) is 2.78. The predicted octanol–water partition coefficient (Wildman–Crippen LogP) is 2.83. The van der Waals surface area contributed by atoms with Crippen molar-refractivity contribution in [3.63, 3.8) is 0 Å². The van der Waals surface area contributed by atoms with Crippen molar-refractivity contribution < 1.29 is 4.79 Å². The van der Waals surface area contributed by atoms with E-state index in [9.17, 15) is 4.79 Å². The summed E-state index contributed by atoms with van der Waals surface area (Å²) >= 11 is 5.87. The minimum atomic E-state index is -0.139. The van der Waals surface area contributed by atoms with Gasteiger partial charge in [-0.1, -0.05) is 11.6 Å². The van der Waals surface area contributed by atoms with E-state index in [0.717, 1.165) is 25.1 Å². The quantitative estimate of drug-likeness (QED) is 0.761. The van der Waals surface area contributed by atoms with Crippen LogP contribution in [0.1, 0.15) is 25.1 Å². The highest BCUT2D eigenvalue weighted by Gasteiger charge is 2.18. The molecule has 128 valence electrons. The van der Waals surface area contributed by atoms with Gasteiger partial charge in [0.2, 0.25) is 11.7 Å². The van der Waals surface area contributed by atoms with Crippen molar-refractivity contribution in [1.82, 2.24) is 15.3 Å². The Labute approximate surface area is 150 Å². The zero-order valence-electron chi connectivity index (χ0n) is 13.4. The molecule has 1 atom stereocenters. The second kappa shape index (κ2) is 7.92. The normalized spacial score (nSPS) is 16.2. The number of aromatic nitrogens is 2. The molecule has 0 spiro atoms. The van der Waals surface area contributed by atoms with E-state index in [-0.39, 0.29) is 17.8 Å². The number of carbonyl (C=O) groups is 1. The number of amides is 1. The molecule has 8 heteroatoms. The highest BCUT2D eigenvalue weighted by Crippen LogP contribution is 2.20. The molecule has 1 aromatic heterocycles. The number of hydrogen-bond donors (Lipinski definition) is 3. The molecule has 2 heterocycles. The lowest BCUT2D eigenvalue weighted by Crippen LogP contribution is -2.27. The molecule has 0 bridgehead atoms. The average molecular weight is 357 g/mol. The number of nitriles is 1. The molecule has 1 amide bonds. The summed E-state index contributed by atoms with van der Waals surface area (Å²) in [6.07, 6.45) is 2.45. The molecular weight excluding hydrogens is 340 g/mol. The van der Waals surface area contributed by atoms with Gasteiger partial charge >= 0.3 is 0 Å². The van der Waals surface area contributed by atoms with E-state index in [1.165, 1.54) is 0 Å².